The smallest absolute Gasteiger partial charge is 0.218 e. The average molecular weight is 440 g/mol. The normalized spacial score (nSPS) is 19.3. The maximum absolute atomic E-state index is 13.1. The van der Waals surface area contributed by atoms with Gasteiger partial charge in [0.1, 0.15) is 0 Å². The molecule has 1 N–H and O–H groups in total. The van der Waals surface area contributed by atoms with Gasteiger partial charge in [0.2, 0.25) is 10.0 Å². The third-order valence-corrected chi connectivity index (χ3v) is 7.51. The van der Waals surface area contributed by atoms with Crippen LogP contribution in [0.3, 0.4) is 0 Å². The quantitative estimate of drug-likeness (QED) is 0.585. The molecule has 166 valence electrons. The Morgan fingerprint density at radius 1 is 1.00 bits per heavy atom. The number of rotatable bonds is 9. The Morgan fingerprint density at radius 2 is 1.65 bits per heavy atom. The second kappa shape index (κ2) is 10.8. The van der Waals surface area contributed by atoms with Gasteiger partial charge in [-0.1, -0.05) is 56.3 Å². The number of benzene rings is 2. The third-order valence-electron chi connectivity index (χ3n) is 5.75. The molecule has 1 aliphatic rings. The first kappa shape index (κ1) is 23.3. The molecule has 0 spiro atoms. The van der Waals surface area contributed by atoms with E-state index in [1.807, 2.05) is 68.4 Å². The molecule has 0 aliphatic heterocycles. The van der Waals surface area contributed by atoms with Gasteiger partial charge in [0.05, 0.1) is 11.8 Å². The van der Waals surface area contributed by atoms with Gasteiger partial charge >= 0.3 is 0 Å². The first-order valence-corrected chi connectivity index (χ1v) is 12.7. The molecule has 1 fully saturated rings. The Bertz CT molecular complexity index is 958. The fraction of sp³-hybridized carbons (Fsp3) is 0.480. The van der Waals surface area contributed by atoms with Crippen LogP contribution in [0.25, 0.3) is 0 Å². The summed E-state index contributed by atoms with van der Waals surface area (Å²) in [6.07, 6.45) is 3.94. The van der Waals surface area contributed by atoms with Gasteiger partial charge in [-0.2, -0.15) is 9.57 Å². The van der Waals surface area contributed by atoms with E-state index in [4.69, 9.17) is 5.26 Å². The second-order valence-electron chi connectivity index (χ2n) is 8.95. The van der Waals surface area contributed by atoms with Crippen LogP contribution in [0.4, 0.5) is 5.69 Å². The van der Waals surface area contributed by atoms with E-state index in [0.29, 0.717) is 19.1 Å². The molecule has 0 saturated heterocycles. The molecule has 6 heteroatoms. The molecule has 0 unspecified atom stereocenters. The molecular weight excluding hydrogens is 406 g/mol. The molecule has 5 nitrogen and oxygen atoms in total. The van der Waals surface area contributed by atoms with Crippen molar-refractivity contribution in [3.8, 4) is 6.07 Å². The molecule has 0 heterocycles. The van der Waals surface area contributed by atoms with Crippen LogP contribution in [0.1, 0.15) is 50.7 Å². The van der Waals surface area contributed by atoms with Crippen LogP contribution in [-0.4, -0.2) is 25.3 Å². The van der Waals surface area contributed by atoms with E-state index in [0.717, 1.165) is 42.5 Å². The zero-order valence-electron chi connectivity index (χ0n) is 18.5. The summed E-state index contributed by atoms with van der Waals surface area (Å²) in [5, 5.41) is 12.6. The van der Waals surface area contributed by atoms with Gasteiger partial charge in [-0.3, -0.25) is 0 Å². The van der Waals surface area contributed by atoms with Gasteiger partial charge in [0, 0.05) is 30.7 Å². The molecule has 1 saturated carbocycles. The van der Waals surface area contributed by atoms with Crippen LogP contribution in [0.5, 0.6) is 0 Å². The monoisotopic (exact) mass is 439 g/mol. The molecule has 2 aromatic carbocycles. The third kappa shape index (κ3) is 7.09. The Labute approximate surface area is 187 Å². The van der Waals surface area contributed by atoms with E-state index in [1.165, 1.54) is 0 Å². The maximum Gasteiger partial charge on any atom is 0.218 e. The van der Waals surface area contributed by atoms with Crippen molar-refractivity contribution in [3.63, 3.8) is 0 Å². The lowest BCUT2D eigenvalue weighted by atomic mass is 9.87. The average Bonchev–Trinajstić information content (AvgIpc) is 2.75. The van der Waals surface area contributed by atoms with Crippen LogP contribution in [-0.2, 0) is 22.3 Å². The van der Waals surface area contributed by atoms with Crippen molar-refractivity contribution in [1.29, 1.82) is 5.26 Å². The van der Waals surface area contributed by atoms with Crippen molar-refractivity contribution >= 4 is 15.7 Å². The van der Waals surface area contributed by atoms with Crippen LogP contribution >= 0.6 is 0 Å². The Hall–Kier alpha value is -2.36. The summed E-state index contributed by atoms with van der Waals surface area (Å²) in [7, 11) is -3.42. The topological polar surface area (TPSA) is 73.2 Å². The van der Waals surface area contributed by atoms with Crippen LogP contribution in [0.2, 0.25) is 0 Å². The maximum atomic E-state index is 13.1. The van der Waals surface area contributed by atoms with E-state index in [-0.39, 0.29) is 17.6 Å². The predicted octanol–water partition coefficient (Wildman–Crippen LogP) is 5.17. The highest BCUT2D eigenvalue weighted by Crippen LogP contribution is 2.26. The van der Waals surface area contributed by atoms with E-state index in [9.17, 15) is 8.42 Å². The summed E-state index contributed by atoms with van der Waals surface area (Å²) in [5.41, 5.74) is 2.84. The summed E-state index contributed by atoms with van der Waals surface area (Å²) >= 11 is 0. The zero-order chi connectivity index (χ0) is 22.3. The second-order valence-corrected chi connectivity index (χ2v) is 10.9. The van der Waals surface area contributed by atoms with E-state index in [1.54, 1.807) is 4.31 Å². The van der Waals surface area contributed by atoms with Crippen molar-refractivity contribution in [1.82, 2.24) is 4.31 Å². The molecule has 0 bridgehead atoms. The number of anilines is 1. The van der Waals surface area contributed by atoms with Crippen LogP contribution in [0, 0.1) is 23.2 Å². The van der Waals surface area contributed by atoms with Gasteiger partial charge in [0.15, 0.2) is 0 Å². The van der Waals surface area contributed by atoms with Crippen molar-refractivity contribution in [2.45, 2.75) is 57.9 Å². The van der Waals surface area contributed by atoms with E-state index < -0.39 is 10.0 Å². The van der Waals surface area contributed by atoms with Gasteiger partial charge in [-0.25, -0.2) is 8.42 Å². The molecule has 3 rings (SSSR count). The van der Waals surface area contributed by atoms with Crippen molar-refractivity contribution in [3.05, 3.63) is 65.7 Å². The van der Waals surface area contributed by atoms with Crippen LogP contribution < -0.4 is 5.32 Å². The van der Waals surface area contributed by atoms with Crippen molar-refractivity contribution < 1.29 is 8.42 Å². The Balaban J connectivity index is 1.64. The fourth-order valence-corrected chi connectivity index (χ4v) is 5.74. The number of nitriles is 1. The summed E-state index contributed by atoms with van der Waals surface area (Å²) in [6.45, 7) is 4.95. The van der Waals surface area contributed by atoms with Gasteiger partial charge in [0.25, 0.3) is 0 Å². The lowest BCUT2D eigenvalue weighted by Crippen LogP contribution is -2.34. The van der Waals surface area contributed by atoms with E-state index in [2.05, 4.69) is 11.4 Å². The lowest BCUT2D eigenvalue weighted by molar-refractivity contribution is 0.361. The standard InChI is InChI=1S/C25H33N3O2S/c1-20(2)17-28(31(29,30)19-23-6-4-3-5-7-23)18-22-10-14-25(15-11-22)27-24-12-8-21(16-26)9-13-24/h3-7,10-11,14-15,20-21,24,27H,8-9,12-13,17-19H2,1-2H3/t21-,24+. The van der Waals surface area contributed by atoms with Crippen LogP contribution in [0.15, 0.2) is 54.6 Å². The fourth-order valence-electron chi connectivity index (χ4n) is 4.07. The largest absolute Gasteiger partial charge is 0.382 e. The first-order valence-electron chi connectivity index (χ1n) is 11.1. The Morgan fingerprint density at radius 3 is 2.23 bits per heavy atom. The first-order chi connectivity index (χ1) is 14.9. The van der Waals surface area contributed by atoms with Gasteiger partial charge < -0.3 is 5.32 Å². The molecule has 0 radical (unpaired) electrons. The van der Waals surface area contributed by atoms with Gasteiger partial charge in [-0.15, -0.1) is 0 Å². The number of hydrogen-bond acceptors (Lipinski definition) is 4. The number of sulfonamides is 1. The van der Waals surface area contributed by atoms with Crippen molar-refractivity contribution in [2.75, 3.05) is 11.9 Å². The molecule has 31 heavy (non-hydrogen) atoms. The summed E-state index contributed by atoms with van der Waals surface area (Å²) in [4.78, 5) is 0. The summed E-state index contributed by atoms with van der Waals surface area (Å²) in [6, 6.07) is 20.2. The molecule has 0 amide bonds. The molecular formula is C25H33N3O2S. The molecule has 2 aromatic rings. The minimum absolute atomic E-state index is 0.0194. The Kier molecular flexibility index (Phi) is 8.11. The zero-order valence-corrected chi connectivity index (χ0v) is 19.3. The number of hydrogen-bond donors (Lipinski definition) is 1. The lowest BCUT2D eigenvalue weighted by Gasteiger charge is -2.27. The number of nitrogens with zero attached hydrogens (tertiary/aromatic N) is 2. The molecule has 0 aromatic heterocycles. The molecule has 1 aliphatic carbocycles. The number of nitrogens with one attached hydrogen (secondary N) is 1. The highest BCUT2D eigenvalue weighted by Gasteiger charge is 2.24. The highest BCUT2D eigenvalue weighted by molar-refractivity contribution is 7.88. The van der Waals surface area contributed by atoms with Gasteiger partial charge in [-0.05, 0) is 54.9 Å². The highest BCUT2D eigenvalue weighted by atomic mass is 32.2. The molecule has 0 atom stereocenters. The summed E-state index contributed by atoms with van der Waals surface area (Å²) in [5.74, 6) is 0.464. The van der Waals surface area contributed by atoms with Crippen molar-refractivity contribution in [2.24, 2.45) is 11.8 Å². The predicted molar refractivity (Wildman–Crippen MR) is 126 cm³/mol. The summed E-state index contributed by atoms with van der Waals surface area (Å²) < 4.78 is 27.8. The minimum atomic E-state index is -3.42. The minimum Gasteiger partial charge on any atom is -0.382 e. The SMILES string of the molecule is CC(C)CN(Cc1ccc(N[C@H]2CC[C@@H](C#N)CC2)cc1)S(=O)(=O)Cc1ccccc1. The van der Waals surface area contributed by atoms with E-state index >= 15 is 0 Å².